The van der Waals surface area contributed by atoms with E-state index >= 15 is 0 Å². The summed E-state index contributed by atoms with van der Waals surface area (Å²) < 4.78 is 27.7. The van der Waals surface area contributed by atoms with Crippen molar-refractivity contribution in [2.24, 2.45) is 0 Å². The van der Waals surface area contributed by atoms with Gasteiger partial charge in [-0.15, -0.1) is 0 Å². The first-order valence-electron chi connectivity index (χ1n) is 6.60. The molecular formula is C15H14ClN3O2S. The summed E-state index contributed by atoms with van der Waals surface area (Å²) in [5, 5.41) is 0.268. The average molecular weight is 336 g/mol. The van der Waals surface area contributed by atoms with Crippen LogP contribution in [0.15, 0.2) is 41.3 Å². The van der Waals surface area contributed by atoms with Gasteiger partial charge in [0.1, 0.15) is 0 Å². The molecule has 0 aliphatic rings. The Kier molecular flexibility index (Phi) is 3.58. The molecule has 22 heavy (non-hydrogen) atoms. The molecule has 2 aromatic carbocycles. The molecular weight excluding hydrogens is 322 g/mol. The van der Waals surface area contributed by atoms with E-state index in [0.717, 1.165) is 5.56 Å². The summed E-state index contributed by atoms with van der Waals surface area (Å²) in [6.07, 6.45) is 0. The van der Waals surface area contributed by atoms with Crippen LogP contribution < -0.4 is 4.72 Å². The van der Waals surface area contributed by atoms with Crippen LogP contribution in [0.4, 0.5) is 5.69 Å². The molecule has 0 fully saturated rings. The lowest BCUT2D eigenvalue weighted by molar-refractivity contribution is 0.600. The molecule has 1 heterocycles. The minimum Gasteiger partial charge on any atom is -0.329 e. The Morgan fingerprint density at radius 2 is 1.91 bits per heavy atom. The lowest BCUT2D eigenvalue weighted by atomic mass is 10.2. The number of hydrogen-bond acceptors (Lipinski definition) is 3. The molecule has 7 heteroatoms. The fourth-order valence-electron chi connectivity index (χ4n) is 2.25. The number of nitrogens with zero attached hydrogens (tertiary/aromatic N) is 1. The molecule has 0 amide bonds. The lowest BCUT2D eigenvalue weighted by Gasteiger charge is -2.11. The van der Waals surface area contributed by atoms with E-state index in [1.54, 1.807) is 37.3 Å². The van der Waals surface area contributed by atoms with E-state index < -0.39 is 10.0 Å². The average Bonchev–Trinajstić information content (AvgIpc) is 2.80. The number of anilines is 1. The van der Waals surface area contributed by atoms with E-state index in [1.807, 2.05) is 13.0 Å². The van der Waals surface area contributed by atoms with Crippen LogP contribution in [0.5, 0.6) is 0 Å². The van der Waals surface area contributed by atoms with Crippen molar-refractivity contribution < 1.29 is 8.42 Å². The minimum absolute atomic E-state index is 0.268. The van der Waals surface area contributed by atoms with Gasteiger partial charge in [-0.05, 0) is 60.8 Å². The first-order valence-corrected chi connectivity index (χ1v) is 8.46. The Morgan fingerprint density at radius 1 is 1.14 bits per heavy atom. The van der Waals surface area contributed by atoms with Crippen LogP contribution in [-0.4, -0.2) is 18.4 Å². The van der Waals surface area contributed by atoms with Gasteiger partial charge >= 0.3 is 0 Å². The quantitative estimate of drug-likeness (QED) is 0.767. The number of hydrogen-bond donors (Lipinski definition) is 2. The maximum atomic E-state index is 12.6. The summed E-state index contributed by atoms with van der Waals surface area (Å²) >= 11 is 5.80. The van der Waals surface area contributed by atoms with Crippen molar-refractivity contribution in [1.82, 2.24) is 9.97 Å². The summed E-state index contributed by atoms with van der Waals surface area (Å²) in [6.45, 7) is 3.63. The van der Waals surface area contributed by atoms with Gasteiger partial charge in [0.2, 0.25) is 5.28 Å². The Hall–Kier alpha value is -2.05. The van der Waals surface area contributed by atoms with Crippen molar-refractivity contribution >= 4 is 38.3 Å². The second-order valence-corrected chi connectivity index (χ2v) is 7.14. The molecule has 0 unspecified atom stereocenters. The third kappa shape index (κ3) is 2.80. The number of aromatic amines is 1. The molecule has 5 nitrogen and oxygen atoms in total. The zero-order chi connectivity index (χ0) is 15.9. The van der Waals surface area contributed by atoms with Crippen LogP contribution in [0.3, 0.4) is 0 Å². The van der Waals surface area contributed by atoms with E-state index in [1.165, 1.54) is 0 Å². The van der Waals surface area contributed by atoms with Crippen molar-refractivity contribution in [3.05, 3.63) is 52.8 Å². The number of sulfonamides is 1. The van der Waals surface area contributed by atoms with Crippen molar-refractivity contribution in [1.29, 1.82) is 0 Å². The third-order valence-corrected chi connectivity index (χ3v) is 5.04. The number of aromatic nitrogens is 2. The molecule has 2 N–H and O–H groups in total. The van der Waals surface area contributed by atoms with Crippen LogP contribution in [0, 0.1) is 13.8 Å². The molecule has 3 rings (SSSR count). The monoisotopic (exact) mass is 335 g/mol. The molecule has 1 aromatic heterocycles. The fraction of sp³-hybridized carbons (Fsp3) is 0.133. The Bertz CT molecular complexity index is 964. The molecule has 0 aliphatic heterocycles. The highest BCUT2D eigenvalue weighted by Crippen LogP contribution is 2.23. The van der Waals surface area contributed by atoms with Crippen LogP contribution in [0.1, 0.15) is 11.1 Å². The lowest BCUT2D eigenvalue weighted by Crippen LogP contribution is -2.14. The maximum absolute atomic E-state index is 12.6. The molecule has 114 valence electrons. The molecule has 0 atom stereocenters. The van der Waals surface area contributed by atoms with Gasteiger partial charge in [0.25, 0.3) is 10.0 Å². The van der Waals surface area contributed by atoms with Crippen molar-refractivity contribution in [3.8, 4) is 0 Å². The largest absolute Gasteiger partial charge is 0.329 e. The maximum Gasteiger partial charge on any atom is 0.262 e. The number of rotatable bonds is 3. The zero-order valence-corrected chi connectivity index (χ0v) is 13.6. The van der Waals surface area contributed by atoms with Crippen molar-refractivity contribution in [3.63, 3.8) is 0 Å². The second kappa shape index (κ2) is 5.30. The first kappa shape index (κ1) is 14.9. The Morgan fingerprint density at radius 3 is 2.68 bits per heavy atom. The van der Waals surface area contributed by atoms with Gasteiger partial charge in [-0.1, -0.05) is 12.1 Å². The molecule has 3 aromatic rings. The third-order valence-electron chi connectivity index (χ3n) is 3.34. The van der Waals surface area contributed by atoms with Gasteiger partial charge in [-0.2, -0.15) is 0 Å². The highest BCUT2D eigenvalue weighted by atomic mass is 35.5. The molecule has 0 bridgehead atoms. The van der Waals surface area contributed by atoms with E-state index in [4.69, 9.17) is 11.6 Å². The van der Waals surface area contributed by atoms with Crippen molar-refractivity contribution in [2.75, 3.05) is 4.72 Å². The van der Waals surface area contributed by atoms with Gasteiger partial charge in [-0.25, -0.2) is 13.4 Å². The van der Waals surface area contributed by atoms with Crippen LogP contribution in [0.2, 0.25) is 5.28 Å². The van der Waals surface area contributed by atoms with E-state index in [-0.39, 0.29) is 10.2 Å². The predicted octanol–water partition coefficient (Wildman–Crippen LogP) is 3.63. The Balaban J connectivity index is 2.00. The molecule has 0 aliphatic carbocycles. The van der Waals surface area contributed by atoms with E-state index in [9.17, 15) is 8.42 Å². The number of fused-ring (bicyclic) bond motifs is 1. The van der Waals surface area contributed by atoms with Gasteiger partial charge in [0.15, 0.2) is 0 Å². The van der Waals surface area contributed by atoms with Crippen molar-refractivity contribution in [2.45, 2.75) is 18.7 Å². The number of H-pyrrole nitrogens is 1. The first-order chi connectivity index (χ1) is 10.3. The summed E-state index contributed by atoms with van der Waals surface area (Å²) in [7, 11) is -3.65. The number of halogens is 1. The summed E-state index contributed by atoms with van der Waals surface area (Å²) in [6, 6.07) is 10.4. The normalized spacial score (nSPS) is 11.8. The molecule has 0 radical (unpaired) electrons. The number of imidazole rings is 1. The van der Waals surface area contributed by atoms with Gasteiger partial charge in [0, 0.05) is 0 Å². The van der Waals surface area contributed by atoms with Gasteiger partial charge < -0.3 is 4.98 Å². The van der Waals surface area contributed by atoms with Gasteiger partial charge in [0.05, 0.1) is 21.6 Å². The predicted molar refractivity (Wildman–Crippen MR) is 87.8 cm³/mol. The standard InChI is InChI=1S/C15H14ClN3O2S/c1-9-3-4-10(2)14(7-9)22(20,21)19-11-5-6-12-13(8-11)18-15(16)17-12/h3-8,19H,1-2H3,(H,17,18). The zero-order valence-electron chi connectivity index (χ0n) is 12.0. The Labute approximate surface area is 133 Å². The number of benzene rings is 2. The summed E-state index contributed by atoms with van der Waals surface area (Å²) in [5.41, 5.74) is 3.39. The SMILES string of the molecule is Cc1ccc(C)c(S(=O)(=O)Nc2ccc3nc(Cl)[nH]c3c2)c1. The summed E-state index contributed by atoms with van der Waals surface area (Å²) in [4.78, 5) is 7.20. The smallest absolute Gasteiger partial charge is 0.262 e. The second-order valence-electron chi connectivity index (χ2n) is 5.13. The number of nitrogens with one attached hydrogen (secondary N) is 2. The van der Waals surface area contributed by atoms with Crippen LogP contribution in [0.25, 0.3) is 11.0 Å². The fourth-order valence-corrected chi connectivity index (χ4v) is 3.82. The topological polar surface area (TPSA) is 74.8 Å². The highest BCUT2D eigenvalue weighted by Gasteiger charge is 2.17. The minimum atomic E-state index is -3.65. The van der Waals surface area contributed by atoms with E-state index in [2.05, 4.69) is 14.7 Å². The highest BCUT2D eigenvalue weighted by molar-refractivity contribution is 7.92. The number of aryl methyl sites for hydroxylation is 2. The van der Waals surface area contributed by atoms with Gasteiger partial charge in [-0.3, -0.25) is 4.72 Å². The molecule has 0 spiro atoms. The van der Waals surface area contributed by atoms with E-state index in [0.29, 0.717) is 22.3 Å². The van der Waals surface area contributed by atoms with Crippen LogP contribution >= 0.6 is 11.6 Å². The summed E-state index contributed by atoms with van der Waals surface area (Å²) in [5.74, 6) is 0. The molecule has 0 saturated carbocycles. The van der Waals surface area contributed by atoms with Crippen LogP contribution in [-0.2, 0) is 10.0 Å². The molecule has 0 saturated heterocycles.